The van der Waals surface area contributed by atoms with Crippen molar-refractivity contribution in [3.63, 3.8) is 0 Å². The number of piperazine rings is 1. The van der Waals surface area contributed by atoms with Crippen LogP contribution in [0.3, 0.4) is 0 Å². The maximum absolute atomic E-state index is 16.3. The van der Waals surface area contributed by atoms with Crippen LogP contribution in [-0.4, -0.2) is 96.7 Å². The molecule has 0 spiro atoms. The van der Waals surface area contributed by atoms with E-state index in [2.05, 4.69) is 16.5 Å². The van der Waals surface area contributed by atoms with Crippen LogP contribution >= 0.6 is 0 Å². The number of hydrogen-bond acceptors (Lipinski definition) is 10. The number of halogens is 2. The lowest BCUT2D eigenvalue weighted by molar-refractivity contribution is -0.132. The van der Waals surface area contributed by atoms with E-state index < -0.39 is 50.4 Å². The fraction of sp³-hybridized carbons (Fsp3) is 0.324. The molecule has 49 heavy (non-hydrogen) atoms. The Hall–Kier alpha value is -5.02. The van der Waals surface area contributed by atoms with E-state index in [1.165, 1.54) is 24.3 Å². The van der Waals surface area contributed by atoms with Gasteiger partial charge in [0.25, 0.3) is 0 Å². The second-order valence-corrected chi connectivity index (χ2v) is 14.3. The van der Waals surface area contributed by atoms with Crippen molar-refractivity contribution < 1.29 is 31.5 Å². The van der Waals surface area contributed by atoms with E-state index >= 15 is 8.78 Å². The molecule has 0 aliphatic carbocycles. The first-order chi connectivity index (χ1) is 23.2. The van der Waals surface area contributed by atoms with E-state index in [9.17, 15) is 22.8 Å². The minimum absolute atomic E-state index is 0.0189. The minimum atomic E-state index is -3.95. The van der Waals surface area contributed by atoms with Crippen molar-refractivity contribution >= 4 is 38.6 Å². The van der Waals surface area contributed by atoms with E-state index in [4.69, 9.17) is 4.74 Å². The molecule has 1 atom stereocenters. The highest BCUT2D eigenvalue weighted by molar-refractivity contribution is 7.90. The number of aromatic nitrogens is 3. The van der Waals surface area contributed by atoms with Crippen molar-refractivity contribution in [1.29, 1.82) is 0 Å². The average Bonchev–Trinajstić information content (AvgIpc) is 3.02. The molecule has 2 saturated heterocycles. The highest BCUT2D eigenvalue weighted by Gasteiger charge is 2.34. The van der Waals surface area contributed by atoms with Gasteiger partial charge in [-0.3, -0.25) is 9.59 Å². The van der Waals surface area contributed by atoms with E-state index in [-0.39, 0.29) is 64.6 Å². The van der Waals surface area contributed by atoms with Gasteiger partial charge in [0.05, 0.1) is 21.5 Å². The highest BCUT2D eigenvalue weighted by atomic mass is 32.2. The largest absolute Gasteiger partial charge is 0.426 e. The van der Waals surface area contributed by atoms with Crippen LogP contribution in [0.4, 0.5) is 14.6 Å². The predicted octanol–water partition coefficient (Wildman–Crippen LogP) is 3.31. The second kappa shape index (κ2) is 12.8. The number of benzene rings is 2. The van der Waals surface area contributed by atoms with Crippen molar-refractivity contribution in [2.45, 2.75) is 30.7 Å². The number of likely N-dealkylation sites (tertiary alicyclic amines) is 1. The van der Waals surface area contributed by atoms with Gasteiger partial charge >= 0.3 is 11.7 Å². The van der Waals surface area contributed by atoms with Crippen LogP contribution in [0, 0.1) is 11.6 Å². The number of carbonyl (C=O) groups excluding carboxylic acids is 2. The number of sulfone groups is 1. The van der Waals surface area contributed by atoms with Gasteiger partial charge in [-0.15, -0.1) is 0 Å². The Kier molecular flexibility index (Phi) is 8.83. The van der Waals surface area contributed by atoms with Crippen LogP contribution in [0.25, 0.3) is 28.0 Å². The zero-order valence-corrected chi connectivity index (χ0v) is 28.1. The third kappa shape index (κ3) is 6.19. The highest BCUT2D eigenvalue weighted by Crippen LogP contribution is 2.39. The molecule has 256 valence electrons. The Morgan fingerprint density at radius 3 is 2.39 bits per heavy atom. The number of ether oxygens (including phenoxy) is 1. The number of carbonyl (C=O) groups is 2. The number of fused-ring (bicyclic) bond motifs is 1. The van der Waals surface area contributed by atoms with E-state index in [1.54, 1.807) is 21.9 Å². The number of likely N-dealkylation sites (N-methyl/N-ethyl adjacent to an activating group) is 1. The number of esters is 1. The molecule has 0 saturated carbocycles. The summed E-state index contributed by atoms with van der Waals surface area (Å²) in [6.07, 6.45) is 2.23. The van der Waals surface area contributed by atoms with Gasteiger partial charge in [-0.1, -0.05) is 24.8 Å². The molecule has 4 heterocycles. The first-order valence-corrected chi connectivity index (χ1v) is 17.4. The number of pyridine rings is 1. The average molecular weight is 693 g/mol. The molecule has 4 aromatic rings. The summed E-state index contributed by atoms with van der Waals surface area (Å²) in [6.45, 7) is 8.36. The van der Waals surface area contributed by atoms with Gasteiger partial charge in [-0.2, -0.15) is 4.98 Å². The Morgan fingerprint density at radius 2 is 1.76 bits per heavy atom. The molecule has 2 aliphatic heterocycles. The molecule has 0 bridgehead atoms. The number of rotatable bonds is 7. The number of para-hydroxylation sites is 1. The summed E-state index contributed by atoms with van der Waals surface area (Å²) in [5.41, 5.74) is -1.55. The molecule has 2 aromatic heterocycles. The fourth-order valence-electron chi connectivity index (χ4n) is 6.58. The number of anilines is 1. The SMILES string of the molecule is C=CC(=O)N1CCN(c2nc(=O)n(-c3c(C4CN(C)C4)cccc3S(C)(=O)=O)c3nc(-c4c(F)cccc4OC(C)=O)c(F)cc23)[C@@H](C)C1. The smallest absolute Gasteiger partial charge is 0.355 e. The summed E-state index contributed by atoms with van der Waals surface area (Å²) in [5, 5.41) is 0.0431. The van der Waals surface area contributed by atoms with E-state index in [0.717, 1.165) is 29.9 Å². The van der Waals surface area contributed by atoms with Crippen molar-refractivity contribution in [2.24, 2.45) is 0 Å². The first-order valence-electron chi connectivity index (χ1n) is 15.5. The van der Waals surface area contributed by atoms with Crippen molar-refractivity contribution in [3.05, 3.63) is 82.8 Å². The number of nitrogens with zero attached hydrogens (tertiary/aromatic N) is 6. The van der Waals surface area contributed by atoms with Crippen molar-refractivity contribution in [2.75, 3.05) is 50.9 Å². The lowest BCUT2D eigenvalue weighted by Crippen LogP contribution is -2.54. The van der Waals surface area contributed by atoms with Gasteiger partial charge in [-0.05, 0) is 49.9 Å². The van der Waals surface area contributed by atoms with Crippen LogP contribution in [-0.2, 0) is 19.4 Å². The van der Waals surface area contributed by atoms with Crippen LogP contribution in [0.2, 0.25) is 0 Å². The van der Waals surface area contributed by atoms with Crippen LogP contribution < -0.4 is 15.3 Å². The molecular weight excluding hydrogens is 658 g/mol. The van der Waals surface area contributed by atoms with Gasteiger partial charge in [0.2, 0.25) is 5.91 Å². The molecule has 2 aliphatic rings. The monoisotopic (exact) mass is 692 g/mol. The first kappa shape index (κ1) is 33.9. The lowest BCUT2D eigenvalue weighted by Gasteiger charge is -2.40. The fourth-order valence-corrected chi connectivity index (χ4v) is 7.47. The zero-order chi connectivity index (χ0) is 35.4. The van der Waals surface area contributed by atoms with Crippen molar-refractivity contribution in [1.82, 2.24) is 24.3 Å². The van der Waals surface area contributed by atoms with Gasteiger partial charge in [-0.25, -0.2) is 31.5 Å². The molecule has 6 rings (SSSR count). The summed E-state index contributed by atoms with van der Waals surface area (Å²) in [6, 6.07) is 8.99. The summed E-state index contributed by atoms with van der Waals surface area (Å²) >= 11 is 0. The van der Waals surface area contributed by atoms with Gasteiger partial charge in [0.1, 0.15) is 23.1 Å². The number of amides is 1. The minimum Gasteiger partial charge on any atom is -0.426 e. The molecule has 2 aromatic carbocycles. The Balaban J connectivity index is 1.69. The molecule has 15 heteroatoms. The topological polar surface area (TPSA) is 135 Å². The summed E-state index contributed by atoms with van der Waals surface area (Å²) < 4.78 is 64.6. The van der Waals surface area contributed by atoms with Gasteiger partial charge < -0.3 is 19.4 Å². The summed E-state index contributed by atoms with van der Waals surface area (Å²) in [4.78, 5) is 52.7. The normalized spacial score (nSPS) is 17.2. The molecule has 2 fully saturated rings. The number of hydrogen-bond donors (Lipinski definition) is 0. The molecular formula is C34H34F2N6O6S. The summed E-state index contributed by atoms with van der Waals surface area (Å²) in [7, 11) is -2.04. The third-order valence-corrected chi connectivity index (χ3v) is 9.94. The molecule has 12 nitrogen and oxygen atoms in total. The maximum Gasteiger partial charge on any atom is 0.355 e. The molecule has 0 radical (unpaired) electrons. The lowest BCUT2D eigenvalue weighted by atomic mass is 9.90. The maximum atomic E-state index is 16.3. The molecule has 0 N–H and O–H groups in total. The van der Waals surface area contributed by atoms with Crippen LogP contribution in [0.1, 0.15) is 25.3 Å². The van der Waals surface area contributed by atoms with Crippen molar-refractivity contribution in [3.8, 4) is 22.7 Å². The zero-order valence-electron chi connectivity index (χ0n) is 27.3. The third-order valence-electron chi connectivity index (χ3n) is 8.81. The Morgan fingerprint density at radius 1 is 1.04 bits per heavy atom. The van der Waals surface area contributed by atoms with Crippen LogP contribution in [0.15, 0.2) is 64.8 Å². The van der Waals surface area contributed by atoms with Gasteiger partial charge in [0.15, 0.2) is 21.3 Å². The van der Waals surface area contributed by atoms with E-state index in [1.807, 2.05) is 18.9 Å². The summed E-state index contributed by atoms with van der Waals surface area (Å²) in [5.74, 6) is -3.39. The quantitative estimate of drug-likeness (QED) is 0.161. The molecule has 1 amide bonds. The Labute approximate surface area is 281 Å². The Bertz CT molecular complexity index is 2200. The second-order valence-electron chi connectivity index (χ2n) is 12.4. The van der Waals surface area contributed by atoms with Gasteiger partial charge in [0, 0.05) is 57.9 Å². The molecule has 0 unspecified atom stereocenters. The predicted molar refractivity (Wildman–Crippen MR) is 179 cm³/mol. The standard InChI is InChI=1S/C34H34F2N6O6S/c1-6-28(44)40-13-14-41(19(2)16-40)32-23-15-25(36)30(29-24(35)10-8-11-26(29)48-20(3)43)37-33(23)42(34(45)38-32)31-22(21-17-39(4)18-21)9-7-12-27(31)49(5,46)47/h6-12,15,19,21H,1,13-14,16-18H2,2-5H3/t19-/m0/s1. The van der Waals surface area contributed by atoms with Crippen LogP contribution in [0.5, 0.6) is 5.75 Å². The van der Waals surface area contributed by atoms with E-state index in [0.29, 0.717) is 18.7 Å².